The van der Waals surface area contributed by atoms with Crippen molar-refractivity contribution in [2.75, 3.05) is 51.8 Å². The van der Waals surface area contributed by atoms with E-state index in [4.69, 9.17) is 15.9 Å². The highest BCUT2D eigenvalue weighted by atomic mass is 32.2. The van der Waals surface area contributed by atoms with E-state index in [1.165, 1.54) is 0 Å². The van der Waals surface area contributed by atoms with Crippen LogP contribution >= 0.6 is 11.8 Å². The molecule has 9 heteroatoms. The van der Waals surface area contributed by atoms with Crippen molar-refractivity contribution in [2.24, 2.45) is 0 Å². The Morgan fingerprint density at radius 2 is 1.96 bits per heavy atom. The average Bonchev–Trinajstić information content (AvgIpc) is 3.22. The highest BCUT2D eigenvalue weighted by Gasteiger charge is 2.42. The van der Waals surface area contributed by atoms with Gasteiger partial charge in [0.1, 0.15) is 0 Å². The lowest BCUT2D eigenvalue weighted by Gasteiger charge is -2.16. The van der Waals surface area contributed by atoms with Gasteiger partial charge in [0.15, 0.2) is 0 Å². The summed E-state index contributed by atoms with van der Waals surface area (Å²) < 4.78 is 10.8. The number of rotatable bonds is 15. The summed E-state index contributed by atoms with van der Waals surface area (Å²) in [5.74, 6) is 3.53. The molecule has 28 heavy (non-hydrogen) atoms. The molecular formula is C19H32N4O4S. The number of amides is 3. The topological polar surface area (TPSA) is 101 Å². The standard InChI is InChI=1S/C19H32N4O4S/c1-2-7-20-8-10-26-12-13-27-11-9-21-17(24)6-4-3-5-16-18-15(14-28-16)22-19(25)23-18/h1,15-16,18,20H,3-14H2,(H,21,24)(H2,22,23,25). The third-order valence-electron chi connectivity index (χ3n) is 4.67. The summed E-state index contributed by atoms with van der Waals surface area (Å²) in [6.45, 7) is 3.93. The maximum Gasteiger partial charge on any atom is 0.315 e. The SMILES string of the molecule is C#CCNCCOCCOCCNC(=O)CCCCC1SCC2NC(=O)NC21. The number of unbranched alkanes of at least 4 members (excludes halogenated alkanes) is 1. The third-order valence-corrected chi connectivity index (χ3v) is 6.18. The predicted molar refractivity (Wildman–Crippen MR) is 110 cm³/mol. The molecule has 2 aliphatic rings. The van der Waals surface area contributed by atoms with Gasteiger partial charge in [0.2, 0.25) is 5.91 Å². The van der Waals surface area contributed by atoms with Gasteiger partial charge in [-0.1, -0.05) is 12.3 Å². The van der Waals surface area contributed by atoms with E-state index in [1.54, 1.807) is 0 Å². The van der Waals surface area contributed by atoms with Gasteiger partial charge in [0, 0.05) is 30.5 Å². The molecule has 0 spiro atoms. The Morgan fingerprint density at radius 3 is 2.75 bits per heavy atom. The van der Waals surface area contributed by atoms with Crippen LogP contribution in [0.1, 0.15) is 25.7 Å². The lowest BCUT2D eigenvalue weighted by molar-refractivity contribution is -0.121. The summed E-state index contributed by atoms with van der Waals surface area (Å²) in [4.78, 5) is 23.2. The molecule has 8 nitrogen and oxygen atoms in total. The normalized spacial score (nSPS) is 23.0. The van der Waals surface area contributed by atoms with Gasteiger partial charge in [-0.05, 0) is 12.8 Å². The molecule has 2 fully saturated rings. The monoisotopic (exact) mass is 412 g/mol. The highest BCUT2D eigenvalue weighted by molar-refractivity contribution is 8.00. The lowest BCUT2D eigenvalue weighted by Crippen LogP contribution is -2.36. The molecule has 2 saturated heterocycles. The van der Waals surface area contributed by atoms with Crippen molar-refractivity contribution in [1.29, 1.82) is 0 Å². The molecule has 0 aromatic carbocycles. The van der Waals surface area contributed by atoms with Gasteiger partial charge in [0.25, 0.3) is 0 Å². The molecule has 0 aromatic heterocycles. The zero-order valence-electron chi connectivity index (χ0n) is 16.3. The van der Waals surface area contributed by atoms with Gasteiger partial charge in [-0.2, -0.15) is 11.8 Å². The molecule has 0 radical (unpaired) electrons. The molecular weight excluding hydrogens is 380 g/mol. The van der Waals surface area contributed by atoms with Crippen LogP contribution in [-0.4, -0.2) is 81.1 Å². The number of urea groups is 1. The van der Waals surface area contributed by atoms with Gasteiger partial charge in [0.05, 0.1) is 45.1 Å². The van der Waals surface area contributed by atoms with Crippen LogP contribution in [0.5, 0.6) is 0 Å². The molecule has 3 atom stereocenters. The molecule has 158 valence electrons. The lowest BCUT2D eigenvalue weighted by atomic mass is 10.0. The number of terminal acetylenes is 1. The molecule has 0 bridgehead atoms. The largest absolute Gasteiger partial charge is 0.378 e. The van der Waals surface area contributed by atoms with Crippen molar-refractivity contribution < 1.29 is 19.1 Å². The Morgan fingerprint density at radius 1 is 1.18 bits per heavy atom. The number of hydrogen-bond acceptors (Lipinski definition) is 6. The molecule has 4 N–H and O–H groups in total. The van der Waals surface area contributed by atoms with Crippen LogP contribution in [0.15, 0.2) is 0 Å². The number of carbonyl (C=O) groups is 2. The van der Waals surface area contributed by atoms with E-state index >= 15 is 0 Å². The van der Waals surface area contributed by atoms with Crippen molar-refractivity contribution in [3.05, 3.63) is 0 Å². The molecule has 0 saturated carbocycles. The average molecular weight is 413 g/mol. The van der Waals surface area contributed by atoms with E-state index in [0.29, 0.717) is 51.2 Å². The van der Waals surface area contributed by atoms with Crippen LogP contribution in [0, 0.1) is 12.3 Å². The van der Waals surface area contributed by atoms with Crippen LogP contribution in [0.25, 0.3) is 0 Å². The zero-order valence-corrected chi connectivity index (χ0v) is 17.2. The number of carbonyl (C=O) groups excluding carboxylic acids is 2. The summed E-state index contributed by atoms with van der Waals surface area (Å²) in [5.41, 5.74) is 0. The summed E-state index contributed by atoms with van der Waals surface area (Å²) in [6, 6.07) is 0.457. The number of hydrogen-bond donors (Lipinski definition) is 4. The number of ether oxygens (including phenoxy) is 2. The van der Waals surface area contributed by atoms with Crippen molar-refractivity contribution in [3.8, 4) is 12.3 Å². The fraction of sp³-hybridized carbons (Fsp3) is 0.789. The van der Waals surface area contributed by atoms with E-state index in [2.05, 4.69) is 27.2 Å². The Bertz CT molecular complexity index is 529. The van der Waals surface area contributed by atoms with E-state index in [0.717, 1.165) is 31.6 Å². The van der Waals surface area contributed by atoms with E-state index in [9.17, 15) is 9.59 Å². The van der Waals surface area contributed by atoms with Crippen LogP contribution < -0.4 is 21.3 Å². The smallest absolute Gasteiger partial charge is 0.315 e. The van der Waals surface area contributed by atoms with Crippen LogP contribution in [0.3, 0.4) is 0 Å². The molecule has 0 aliphatic carbocycles. The van der Waals surface area contributed by atoms with Crippen molar-refractivity contribution in [2.45, 2.75) is 43.0 Å². The van der Waals surface area contributed by atoms with Crippen molar-refractivity contribution in [1.82, 2.24) is 21.3 Å². The quantitative estimate of drug-likeness (QED) is 0.173. The predicted octanol–water partition coefficient (Wildman–Crippen LogP) is 0.0844. The maximum atomic E-state index is 11.8. The van der Waals surface area contributed by atoms with Gasteiger partial charge < -0.3 is 30.7 Å². The zero-order chi connectivity index (χ0) is 20.0. The Kier molecular flexibility index (Phi) is 11.1. The summed E-state index contributed by atoms with van der Waals surface area (Å²) in [6.07, 6.45) is 8.54. The summed E-state index contributed by atoms with van der Waals surface area (Å²) >= 11 is 1.91. The van der Waals surface area contributed by atoms with E-state index < -0.39 is 0 Å². The second-order valence-electron chi connectivity index (χ2n) is 6.82. The molecule has 0 aromatic rings. The maximum absolute atomic E-state index is 11.8. The van der Waals surface area contributed by atoms with Gasteiger partial charge in [-0.15, -0.1) is 6.42 Å². The van der Waals surface area contributed by atoms with E-state index in [-0.39, 0.29) is 24.0 Å². The molecule has 2 rings (SSSR count). The molecule has 2 aliphatic heterocycles. The first-order valence-electron chi connectivity index (χ1n) is 9.95. The molecule has 3 amide bonds. The van der Waals surface area contributed by atoms with Crippen LogP contribution in [0.4, 0.5) is 4.79 Å². The van der Waals surface area contributed by atoms with Gasteiger partial charge >= 0.3 is 6.03 Å². The fourth-order valence-corrected chi connectivity index (χ4v) is 4.80. The molecule has 3 unspecified atom stereocenters. The third kappa shape index (κ3) is 8.69. The van der Waals surface area contributed by atoms with Crippen LogP contribution in [0.2, 0.25) is 0 Å². The Balaban J connectivity index is 1.35. The second-order valence-corrected chi connectivity index (χ2v) is 8.10. The Labute approximate surface area is 171 Å². The van der Waals surface area contributed by atoms with Crippen molar-refractivity contribution in [3.63, 3.8) is 0 Å². The second kappa shape index (κ2) is 13.7. The first kappa shape index (κ1) is 22.8. The van der Waals surface area contributed by atoms with Crippen molar-refractivity contribution >= 4 is 23.7 Å². The van der Waals surface area contributed by atoms with E-state index in [1.807, 2.05) is 11.8 Å². The number of nitrogens with one attached hydrogen (secondary N) is 4. The number of thioether (sulfide) groups is 1. The number of fused-ring (bicyclic) bond motifs is 1. The highest BCUT2D eigenvalue weighted by Crippen LogP contribution is 2.33. The molecule has 2 heterocycles. The van der Waals surface area contributed by atoms with Gasteiger partial charge in [-0.3, -0.25) is 4.79 Å². The summed E-state index contributed by atoms with van der Waals surface area (Å²) in [7, 11) is 0. The van der Waals surface area contributed by atoms with Gasteiger partial charge in [-0.25, -0.2) is 4.79 Å². The Hall–Kier alpha value is -1.47. The fourth-order valence-electron chi connectivity index (χ4n) is 3.25. The first-order chi connectivity index (χ1) is 13.7. The minimum atomic E-state index is -0.0504. The van der Waals surface area contributed by atoms with Crippen LogP contribution in [-0.2, 0) is 14.3 Å². The minimum Gasteiger partial charge on any atom is -0.378 e. The summed E-state index contributed by atoms with van der Waals surface area (Å²) in [5, 5.41) is 12.3. The minimum absolute atomic E-state index is 0.0504. The first-order valence-corrected chi connectivity index (χ1v) is 11.0.